The summed E-state index contributed by atoms with van der Waals surface area (Å²) in [6.45, 7) is 28.7. The molecule has 0 saturated carbocycles. The first-order chi connectivity index (χ1) is 17.0. The van der Waals surface area contributed by atoms with Crippen LogP contribution < -0.4 is 0 Å². The minimum atomic E-state index is 0.213. The second-order valence-corrected chi connectivity index (χ2v) is 9.44. The fourth-order valence-corrected chi connectivity index (χ4v) is 1.83. The molecule has 2 aromatic carbocycles. The first kappa shape index (κ1) is 40.8. The number of ketones is 1. The van der Waals surface area contributed by atoms with Crippen LogP contribution in [0.1, 0.15) is 114 Å². The molecule has 0 radical (unpaired) electrons. The molecule has 0 amide bonds. The zero-order valence-electron chi connectivity index (χ0n) is 26.4. The Morgan fingerprint density at radius 1 is 0.694 bits per heavy atom. The van der Waals surface area contributed by atoms with Crippen LogP contribution in [0.5, 0.6) is 0 Å². The summed E-state index contributed by atoms with van der Waals surface area (Å²) in [4.78, 5) is 10.1. The lowest BCUT2D eigenvalue weighted by molar-refractivity contribution is -0.119. The SMILES string of the molecule is CC.CC.CC(=O)C(C)C.CC(C)C#Cc1ccccc1.CC(C)Cc1ccccc1.CCC(C)C. The van der Waals surface area contributed by atoms with Gasteiger partial charge < -0.3 is 0 Å². The Morgan fingerprint density at radius 2 is 1.06 bits per heavy atom. The molecule has 0 spiro atoms. The number of carbonyl (C=O) groups is 1. The van der Waals surface area contributed by atoms with E-state index >= 15 is 0 Å². The predicted octanol–water partition coefficient (Wildman–Crippen LogP) is 10.9. The Bertz CT molecular complexity index is 728. The van der Waals surface area contributed by atoms with E-state index in [1.165, 1.54) is 18.4 Å². The third-order valence-corrected chi connectivity index (χ3v) is 4.40. The summed E-state index contributed by atoms with van der Waals surface area (Å²) < 4.78 is 0. The van der Waals surface area contributed by atoms with E-state index in [2.05, 4.69) is 90.6 Å². The van der Waals surface area contributed by atoms with Crippen LogP contribution >= 0.6 is 0 Å². The molecule has 1 nitrogen and oxygen atoms in total. The van der Waals surface area contributed by atoms with E-state index in [1.54, 1.807) is 6.92 Å². The molecule has 2 rings (SSSR count). The summed E-state index contributed by atoms with van der Waals surface area (Å²) in [7, 11) is 0. The van der Waals surface area contributed by atoms with Gasteiger partial charge in [-0.05, 0) is 42.9 Å². The highest BCUT2D eigenvalue weighted by Gasteiger charge is 1.95. The molecule has 0 aliphatic carbocycles. The molecule has 1 heteroatoms. The molecular formula is C35H60O. The van der Waals surface area contributed by atoms with Gasteiger partial charge in [-0.2, -0.15) is 0 Å². The highest BCUT2D eigenvalue weighted by atomic mass is 16.1. The van der Waals surface area contributed by atoms with Crippen LogP contribution in [0.15, 0.2) is 60.7 Å². The summed E-state index contributed by atoms with van der Waals surface area (Å²) in [5.41, 5.74) is 2.54. The quantitative estimate of drug-likeness (QED) is 0.385. The standard InChI is InChI=1S/C11H12.C10H14.C5H10O.C5H12.2C2H6/c1-10(2)8-9-11-6-4-3-5-7-11;1-9(2)8-10-6-4-3-5-7-10;1-4(2)5(3)6;1-4-5(2)3;2*1-2/h3-7,10H,1-2H3;3-7,9H,8H2,1-2H3;4H,1-3H3;5H,4H2,1-3H3;2*1-2H3. The Kier molecular flexibility index (Phi) is 34.8. The van der Waals surface area contributed by atoms with E-state index in [0.717, 1.165) is 17.4 Å². The third kappa shape index (κ3) is 36.2. The van der Waals surface area contributed by atoms with E-state index < -0.39 is 0 Å². The Morgan fingerprint density at radius 3 is 1.33 bits per heavy atom. The second kappa shape index (κ2) is 30.7. The molecule has 36 heavy (non-hydrogen) atoms. The van der Waals surface area contributed by atoms with Crippen molar-refractivity contribution in [2.75, 3.05) is 0 Å². The van der Waals surface area contributed by atoms with Gasteiger partial charge in [0.15, 0.2) is 0 Å². The van der Waals surface area contributed by atoms with Gasteiger partial charge in [0.2, 0.25) is 0 Å². The van der Waals surface area contributed by atoms with Crippen molar-refractivity contribution in [1.29, 1.82) is 0 Å². The summed E-state index contributed by atoms with van der Waals surface area (Å²) in [6.07, 6.45) is 2.50. The highest BCUT2D eigenvalue weighted by Crippen LogP contribution is 2.06. The molecule has 0 aromatic heterocycles. The fraction of sp³-hybridized carbons (Fsp3) is 0.571. The Hall–Kier alpha value is -2.33. The Balaban J connectivity index is -0.000000189. The molecule has 0 unspecified atom stereocenters. The Labute approximate surface area is 227 Å². The van der Waals surface area contributed by atoms with Crippen LogP contribution in [0.2, 0.25) is 0 Å². The van der Waals surface area contributed by atoms with Crippen LogP contribution in [-0.2, 0) is 11.2 Å². The smallest absolute Gasteiger partial charge is 0.132 e. The first-order valence-corrected chi connectivity index (χ1v) is 14.1. The van der Waals surface area contributed by atoms with Gasteiger partial charge in [-0.1, -0.05) is 157 Å². The largest absolute Gasteiger partial charge is 0.300 e. The second-order valence-electron chi connectivity index (χ2n) is 9.44. The minimum Gasteiger partial charge on any atom is -0.300 e. The maximum absolute atomic E-state index is 10.1. The number of rotatable bonds is 4. The van der Waals surface area contributed by atoms with E-state index in [4.69, 9.17) is 0 Å². The van der Waals surface area contributed by atoms with Gasteiger partial charge in [0, 0.05) is 17.4 Å². The molecule has 0 fully saturated rings. The van der Waals surface area contributed by atoms with Crippen LogP contribution in [0.4, 0.5) is 0 Å². The number of hydrogen-bond donors (Lipinski definition) is 0. The lowest BCUT2D eigenvalue weighted by atomic mass is 10.0. The van der Waals surface area contributed by atoms with Crippen molar-refractivity contribution in [2.24, 2.45) is 23.7 Å². The van der Waals surface area contributed by atoms with Crippen molar-refractivity contribution in [3.05, 3.63) is 71.8 Å². The van der Waals surface area contributed by atoms with Crippen molar-refractivity contribution in [1.82, 2.24) is 0 Å². The number of carbonyl (C=O) groups excluding carboxylic acids is 1. The monoisotopic (exact) mass is 496 g/mol. The summed E-state index contributed by atoms with van der Waals surface area (Å²) >= 11 is 0. The van der Waals surface area contributed by atoms with E-state index in [0.29, 0.717) is 5.92 Å². The summed E-state index contributed by atoms with van der Waals surface area (Å²) in [5, 5.41) is 0. The van der Waals surface area contributed by atoms with Crippen LogP contribution in [0.25, 0.3) is 0 Å². The van der Waals surface area contributed by atoms with Gasteiger partial charge in [-0.3, -0.25) is 4.79 Å². The zero-order chi connectivity index (χ0) is 28.9. The van der Waals surface area contributed by atoms with Gasteiger partial charge in [0.25, 0.3) is 0 Å². The molecule has 0 heterocycles. The highest BCUT2D eigenvalue weighted by molar-refractivity contribution is 5.77. The van der Waals surface area contributed by atoms with E-state index in [-0.39, 0.29) is 11.7 Å². The molecule has 206 valence electrons. The third-order valence-electron chi connectivity index (χ3n) is 4.40. The maximum atomic E-state index is 10.1. The van der Waals surface area contributed by atoms with Crippen LogP contribution in [0, 0.1) is 35.5 Å². The van der Waals surface area contributed by atoms with Crippen LogP contribution in [0.3, 0.4) is 0 Å². The molecule has 0 saturated heterocycles. The van der Waals surface area contributed by atoms with Gasteiger partial charge in [0.1, 0.15) is 5.78 Å². The summed E-state index contributed by atoms with van der Waals surface area (Å²) in [5.74, 6) is 8.78. The van der Waals surface area contributed by atoms with Gasteiger partial charge in [0.05, 0.1) is 0 Å². The molecule has 0 N–H and O–H groups in total. The lowest BCUT2D eigenvalue weighted by Gasteiger charge is -2.02. The normalized spacial score (nSPS) is 8.83. The van der Waals surface area contributed by atoms with Crippen molar-refractivity contribution < 1.29 is 4.79 Å². The van der Waals surface area contributed by atoms with E-state index in [1.807, 2.05) is 71.9 Å². The fourth-order valence-electron chi connectivity index (χ4n) is 1.83. The molecule has 0 atom stereocenters. The van der Waals surface area contributed by atoms with Gasteiger partial charge in [-0.25, -0.2) is 0 Å². The number of Topliss-reactive ketones (excluding diaryl/α,β-unsaturated/α-hetero) is 1. The van der Waals surface area contributed by atoms with Crippen molar-refractivity contribution >= 4 is 5.78 Å². The van der Waals surface area contributed by atoms with E-state index in [9.17, 15) is 4.79 Å². The van der Waals surface area contributed by atoms with Crippen LogP contribution in [-0.4, -0.2) is 5.78 Å². The average Bonchev–Trinajstić information content (AvgIpc) is 2.87. The maximum Gasteiger partial charge on any atom is 0.132 e. The van der Waals surface area contributed by atoms with Gasteiger partial charge >= 0.3 is 0 Å². The summed E-state index contributed by atoms with van der Waals surface area (Å²) in [6, 6.07) is 20.7. The van der Waals surface area contributed by atoms with Crippen molar-refractivity contribution in [2.45, 2.75) is 110 Å². The predicted molar refractivity (Wildman–Crippen MR) is 166 cm³/mol. The minimum absolute atomic E-state index is 0.213. The van der Waals surface area contributed by atoms with Crippen molar-refractivity contribution in [3.63, 3.8) is 0 Å². The van der Waals surface area contributed by atoms with Crippen molar-refractivity contribution in [3.8, 4) is 11.8 Å². The topological polar surface area (TPSA) is 17.1 Å². The molecule has 0 aliphatic rings. The molecule has 0 bridgehead atoms. The molecule has 0 aliphatic heterocycles. The first-order valence-electron chi connectivity index (χ1n) is 14.1. The zero-order valence-corrected chi connectivity index (χ0v) is 26.4. The lowest BCUT2D eigenvalue weighted by Crippen LogP contribution is -1.98. The molecule has 2 aromatic rings. The molecular weight excluding hydrogens is 436 g/mol. The number of benzene rings is 2. The van der Waals surface area contributed by atoms with Gasteiger partial charge in [-0.15, -0.1) is 0 Å². The number of hydrogen-bond acceptors (Lipinski definition) is 1. The average molecular weight is 497 g/mol.